The maximum absolute atomic E-state index is 11.9. The Hall–Kier alpha value is -1.62. The lowest BCUT2D eigenvalue weighted by atomic mass is 10.1. The Labute approximate surface area is 109 Å². The first-order valence-corrected chi connectivity index (χ1v) is 6.18. The summed E-state index contributed by atoms with van der Waals surface area (Å²) in [4.78, 5) is 16.2. The lowest BCUT2D eigenvalue weighted by molar-refractivity contribution is 0.0525. The number of aryl methyl sites for hydroxylation is 2. The molecule has 0 saturated heterocycles. The highest BCUT2D eigenvalue weighted by Crippen LogP contribution is 2.30. The second kappa shape index (κ2) is 4.94. The van der Waals surface area contributed by atoms with Crippen LogP contribution >= 0.6 is 11.6 Å². The van der Waals surface area contributed by atoms with Crippen molar-refractivity contribution in [2.75, 3.05) is 6.61 Å². The van der Waals surface area contributed by atoms with Crippen LogP contribution in [0, 0.1) is 6.92 Å². The number of H-pyrrole nitrogens is 1. The van der Waals surface area contributed by atoms with Gasteiger partial charge in [0.15, 0.2) is 5.65 Å². The number of fused-ring (bicyclic) bond motifs is 1. The number of rotatable bonds is 3. The summed E-state index contributed by atoms with van der Waals surface area (Å²) in [6.45, 7) is 5.75. The summed E-state index contributed by atoms with van der Waals surface area (Å²) in [6, 6.07) is 0. The summed E-state index contributed by atoms with van der Waals surface area (Å²) < 4.78 is 4.99. The Kier molecular flexibility index (Phi) is 3.52. The van der Waals surface area contributed by atoms with Crippen molar-refractivity contribution in [3.8, 4) is 0 Å². The first kappa shape index (κ1) is 12.8. The fraction of sp³-hybridized carbons (Fsp3) is 0.417. The van der Waals surface area contributed by atoms with E-state index in [1.54, 1.807) is 13.8 Å². The van der Waals surface area contributed by atoms with E-state index in [4.69, 9.17) is 16.3 Å². The number of nitrogens with zero attached hydrogens (tertiary/aromatic N) is 2. The molecule has 2 aromatic heterocycles. The molecule has 0 saturated carbocycles. The van der Waals surface area contributed by atoms with Crippen molar-refractivity contribution in [3.05, 3.63) is 22.0 Å². The SMILES string of the molecule is CCOC(=O)c1c(C)nc2[nH]nc(CC)c2c1Cl. The van der Waals surface area contributed by atoms with Gasteiger partial charge >= 0.3 is 5.97 Å². The molecule has 0 aliphatic rings. The lowest BCUT2D eigenvalue weighted by Crippen LogP contribution is -2.09. The number of carbonyl (C=O) groups is 1. The fourth-order valence-corrected chi connectivity index (χ4v) is 2.30. The van der Waals surface area contributed by atoms with Crippen LogP contribution in [0.4, 0.5) is 0 Å². The van der Waals surface area contributed by atoms with Crippen LogP contribution in [-0.2, 0) is 11.2 Å². The molecule has 0 unspecified atom stereocenters. The molecule has 0 aliphatic heterocycles. The number of ether oxygens (including phenoxy) is 1. The van der Waals surface area contributed by atoms with Crippen LogP contribution in [0.5, 0.6) is 0 Å². The van der Waals surface area contributed by atoms with E-state index in [0.717, 1.165) is 5.69 Å². The second-order valence-electron chi connectivity index (χ2n) is 3.85. The molecule has 2 aromatic rings. The Balaban J connectivity index is 2.69. The van der Waals surface area contributed by atoms with Crippen LogP contribution in [0.25, 0.3) is 11.0 Å². The predicted octanol–water partition coefficient (Wildman–Crippen LogP) is 2.66. The summed E-state index contributed by atoms with van der Waals surface area (Å²) in [5.74, 6) is -0.447. The number of aromatic nitrogens is 3. The maximum atomic E-state index is 11.9. The van der Waals surface area contributed by atoms with Crippen molar-refractivity contribution in [1.29, 1.82) is 0 Å². The van der Waals surface area contributed by atoms with Gasteiger partial charge in [0.05, 0.1) is 28.4 Å². The van der Waals surface area contributed by atoms with Gasteiger partial charge in [-0.2, -0.15) is 5.10 Å². The zero-order chi connectivity index (χ0) is 13.3. The zero-order valence-corrected chi connectivity index (χ0v) is 11.3. The maximum Gasteiger partial charge on any atom is 0.341 e. The molecule has 5 nitrogen and oxygen atoms in total. The highest BCUT2D eigenvalue weighted by molar-refractivity contribution is 6.38. The standard InChI is InChI=1S/C12H14ClN3O2/c1-4-7-9-10(13)8(12(17)18-5-2)6(3)14-11(9)16-15-7/h4-5H2,1-3H3,(H,14,15,16). The molecule has 18 heavy (non-hydrogen) atoms. The molecular weight excluding hydrogens is 254 g/mol. The third-order valence-corrected chi connectivity index (χ3v) is 3.09. The van der Waals surface area contributed by atoms with Gasteiger partial charge in [-0.3, -0.25) is 5.10 Å². The second-order valence-corrected chi connectivity index (χ2v) is 4.23. The molecule has 1 N–H and O–H groups in total. The first-order valence-electron chi connectivity index (χ1n) is 5.80. The summed E-state index contributed by atoms with van der Waals surface area (Å²) in [5, 5.41) is 8.02. The van der Waals surface area contributed by atoms with Gasteiger partial charge in [0, 0.05) is 0 Å². The van der Waals surface area contributed by atoms with Gasteiger partial charge in [0.25, 0.3) is 0 Å². The number of carbonyl (C=O) groups excluding carboxylic acids is 1. The third kappa shape index (κ3) is 1.95. The predicted molar refractivity (Wildman–Crippen MR) is 69.0 cm³/mol. The van der Waals surface area contributed by atoms with Crippen molar-refractivity contribution in [1.82, 2.24) is 15.2 Å². The van der Waals surface area contributed by atoms with Crippen LogP contribution in [0.1, 0.15) is 35.6 Å². The quantitative estimate of drug-likeness (QED) is 0.868. The molecule has 0 spiro atoms. The minimum atomic E-state index is -0.447. The molecular formula is C12H14ClN3O2. The lowest BCUT2D eigenvalue weighted by Gasteiger charge is -2.08. The topological polar surface area (TPSA) is 67.9 Å². The van der Waals surface area contributed by atoms with Gasteiger partial charge in [-0.15, -0.1) is 0 Å². The number of pyridine rings is 1. The van der Waals surface area contributed by atoms with Gasteiger partial charge in [-0.25, -0.2) is 9.78 Å². The monoisotopic (exact) mass is 267 g/mol. The summed E-state index contributed by atoms with van der Waals surface area (Å²) in [7, 11) is 0. The molecule has 96 valence electrons. The number of hydrogen-bond acceptors (Lipinski definition) is 4. The number of nitrogens with one attached hydrogen (secondary N) is 1. The van der Waals surface area contributed by atoms with E-state index in [1.807, 2.05) is 6.92 Å². The number of halogens is 1. The third-order valence-electron chi connectivity index (χ3n) is 2.72. The highest BCUT2D eigenvalue weighted by Gasteiger charge is 2.21. The summed E-state index contributed by atoms with van der Waals surface area (Å²) in [6.07, 6.45) is 0.715. The van der Waals surface area contributed by atoms with Crippen molar-refractivity contribution < 1.29 is 9.53 Å². The molecule has 2 heterocycles. The highest BCUT2D eigenvalue weighted by atomic mass is 35.5. The van der Waals surface area contributed by atoms with E-state index in [9.17, 15) is 4.79 Å². The molecule has 0 bridgehead atoms. The number of aromatic amines is 1. The van der Waals surface area contributed by atoms with Crippen molar-refractivity contribution in [3.63, 3.8) is 0 Å². The van der Waals surface area contributed by atoms with Crippen LogP contribution in [0.3, 0.4) is 0 Å². The van der Waals surface area contributed by atoms with Gasteiger partial charge < -0.3 is 4.74 Å². The van der Waals surface area contributed by atoms with E-state index < -0.39 is 5.97 Å². The molecule has 0 aromatic carbocycles. The molecule has 0 radical (unpaired) electrons. The zero-order valence-electron chi connectivity index (χ0n) is 10.5. The van der Waals surface area contributed by atoms with Gasteiger partial charge in [0.2, 0.25) is 0 Å². The molecule has 0 aliphatic carbocycles. The molecule has 0 amide bonds. The van der Waals surface area contributed by atoms with Crippen LogP contribution in [0.15, 0.2) is 0 Å². The summed E-state index contributed by atoms with van der Waals surface area (Å²) in [5.41, 5.74) is 2.26. The minimum absolute atomic E-state index is 0.304. The van der Waals surface area contributed by atoms with Crippen LogP contribution in [-0.4, -0.2) is 27.8 Å². The fourth-order valence-electron chi connectivity index (χ4n) is 1.88. The van der Waals surface area contributed by atoms with E-state index in [1.165, 1.54) is 0 Å². The molecule has 6 heteroatoms. The smallest absolute Gasteiger partial charge is 0.341 e. The first-order chi connectivity index (χ1) is 8.60. The van der Waals surface area contributed by atoms with Crippen molar-refractivity contribution in [2.24, 2.45) is 0 Å². The molecule has 0 fully saturated rings. The number of esters is 1. The average molecular weight is 268 g/mol. The average Bonchev–Trinajstić information content (AvgIpc) is 2.72. The van der Waals surface area contributed by atoms with Gasteiger partial charge in [-0.05, 0) is 20.3 Å². The normalized spacial score (nSPS) is 10.9. The Bertz CT molecular complexity index is 607. The Morgan fingerprint density at radius 3 is 2.78 bits per heavy atom. The van der Waals surface area contributed by atoms with E-state index >= 15 is 0 Å². The van der Waals surface area contributed by atoms with Crippen LogP contribution in [0.2, 0.25) is 5.02 Å². The molecule has 0 atom stereocenters. The van der Waals surface area contributed by atoms with Crippen molar-refractivity contribution >= 4 is 28.6 Å². The Morgan fingerprint density at radius 2 is 2.17 bits per heavy atom. The summed E-state index contributed by atoms with van der Waals surface area (Å²) >= 11 is 6.30. The molecule has 2 rings (SSSR count). The minimum Gasteiger partial charge on any atom is -0.462 e. The number of hydrogen-bond donors (Lipinski definition) is 1. The van der Waals surface area contributed by atoms with Crippen LogP contribution < -0.4 is 0 Å². The van der Waals surface area contributed by atoms with E-state index in [0.29, 0.717) is 40.3 Å². The van der Waals surface area contributed by atoms with E-state index in [2.05, 4.69) is 15.2 Å². The van der Waals surface area contributed by atoms with Gasteiger partial charge in [-0.1, -0.05) is 18.5 Å². The largest absolute Gasteiger partial charge is 0.462 e. The van der Waals surface area contributed by atoms with Gasteiger partial charge in [0.1, 0.15) is 5.56 Å². The van der Waals surface area contributed by atoms with Crippen molar-refractivity contribution in [2.45, 2.75) is 27.2 Å². The van der Waals surface area contributed by atoms with E-state index in [-0.39, 0.29) is 0 Å². The Morgan fingerprint density at radius 1 is 1.44 bits per heavy atom.